The highest BCUT2D eigenvalue weighted by atomic mass is 32.1. The van der Waals surface area contributed by atoms with Crippen molar-refractivity contribution in [2.75, 3.05) is 0 Å². The summed E-state index contributed by atoms with van der Waals surface area (Å²) in [6.07, 6.45) is 6.24. The Kier molecular flexibility index (Phi) is 4.27. The summed E-state index contributed by atoms with van der Waals surface area (Å²) in [5.74, 6) is 2.28. The Morgan fingerprint density at radius 2 is 1.90 bits per heavy atom. The number of aliphatic hydroxyl groups is 1. The van der Waals surface area contributed by atoms with Gasteiger partial charge in [0.25, 0.3) is 0 Å². The number of phenolic OH excluding ortho intramolecular Hbond substituents is 1. The van der Waals surface area contributed by atoms with Crippen LogP contribution in [0, 0.1) is 28.6 Å². The molecule has 7 atom stereocenters. The molecule has 1 aromatic heterocycles. The number of fused-ring (bicyclic) bond motifs is 7. The van der Waals surface area contributed by atoms with E-state index in [0.717, 1.165) is 61.2 Å². The van der Waals surface area contributed by atoms with E-state index in [1.807, 2.05) is 18.2 Å². The van der Waals surface area contributed by atoms with Crippen molar-refractivity contribution in [2.45, 2.75) is 70.8 Å². The van der Waals surface area contributed by atoms with Crippen LogP contribution in [0.5, 0.6) is 5.75 Å². The Labute approximate surface area is 187 Å². The van der Waals surface area contributed by atoms with Gasteiger partial charge in [-0.2, -0.15) is 0 Å². The van der Waals surface area contributed by atoms with Crippen LogP contribution in [0.25, 0.3) is 10.6 Å². The maximum Gasteiger partial charge on any atom is 0.139 e. The van der Waals surface area contributed by atoms with E-state index in [0.29, 0.717) is 23.5 Å². The smallest absolute Gasteiger partial charge is 0.139 e. The predicted molar refractivity (Wildman–Crippen MR) is 121 cm³/mol. The summed E-state index contributed by atoms with van der Waals surface area (Å²) in [7, 11) is 0. The molecule has 164 valence electrons. The van der Waals surface area contributed by atoms with E-state index in [-0.39, 0.29) is 28.6 Å². The molecule has 1 aromatic carbocycles. The molecule has 5 heteroatoms. The number of para-hydroxylation sites is 1. The second kappa shape index (κ2) is 6.64. The van der Waals surface area contributed by atoms with E-state index in [2.05, 4.69) is 13.8 Å². The zero-order valence-corrected chi connectivity index (χ0v) is 19.1. The monoisotopic (exact) mass is 437 g/mol. The molecule has 0 amide bonds. The van der Waals surface area contributed by atoms with Crippen molar-refractivity contribution in [3.05, 3.63) is 34.8 Å². The van der Waals surface area contributed by atoms with Crippen LogP contribution in [-0.2, 0) is 11.2 Å². The number of benzene rings is 1. The van der Waals surface area contributed by atoms with Crippen molar-refractivity contribution >= 4 is 17.1 Å². The van der Waals surface area contributed by atoms with E-state index < -0.39 is 0 Å². The number of aliphatic hydroxyl groups excluding tert-OH is 1. The summed E-state index contributed by atoms with van der Waals surface area (Å²) >= 11 is 1.66. The average Bonchev–Trinajstić information content (AvgIpc) is 3.29. The highest BCUT2D eigenvalue weighted by Gasteiger charge is 2.62. The van der Waals surface area contributed by atoms with Gasteiger partial charge in [-0.05, 0) is 73.8 Å². The summed E-state index contributed by atoms with van der Waals surface area (Å²) in [4.78, 5) is 18.8. The molecule has 3 fully saturated rings. The molecule has 3 saturated carbocycles. The fourth-order valence-electron chi connectivity index (χ4n) is 8.05. The number of nitrogens with zero attached hydrogens (tertiary/aromatic N) is 1. The minimum Gasteiger partial charge on any atom is -0.507 e. The molecular weight excluding hydrogens is 406 g/mol. The van der Waals surface area contributed by atoms with Gasteiger partial charge in [0.1, 0.15) is 16.5 Å². The van der Waals surface area contributed by atoms with E-state index in [1.54, 1.807) is 17.4 Å². The molecule has 2 aromatic rings. The summed E-state index contributed by atoms with van der Waals surface area (Å²) in [5, 5.41) is 22.7. The lowest BCUT2D eigenvalue weighted by atomic mass is 9.45. The van der Waals surface area contributed by atoms with Gasteiger partial charge in [0.2, 0.25) is 0 Å². The molecule has 6 rings (SSSR count). The molecule has 4 aliphatic rings. The molecule has 0 spiro atoms. The third-order valence-corrected chi connectivity index (χ3v) is 10.9. The minimum atomic E-state index is -0.388. The first-order chi connectivity index (χ1) is 14.8. The fraction of sp³-hybridized carbons (Fsp3) is 0.615. The van der Waals surface area contributed by atoms with E-state index in [4.69, 9.17) is 4.98 Å². The number of aryl methyl sites for hydroxylation is 1. The number of aromatic hydroxyl groups is 1. The van der Waals surface area contributed by atoms with Gasteiger partial charge in [-0.25, -0.2) is 4.98 Å². The lowest BCUT2D eigenvalue weighted by molar-refractivity contribution is -0.142. The van der Waals surface area contributed by atoms with Gasteiger partial charge in [0.05, 0.1) is 17.4 Å². The number of phenols is 1. The third-order valence-electron chi connectivity index (χ3n) is 9.65. The van der Waals surface area contributed by atoms with Gasteiger partial charge >= 0.3 is 0 Å². The zero-order valence-electron chi connectivity index (χ0n) is 18.3. The summed E-state index contributed by atoms with van der Waals surface area (Å²) in [6.45, 7) is 4.60. The molecule has 0 unspecified atom stereocenters. The van der Waals surface area contributed by atoms with E-state index in [1.165, 1.54) is 4.88 Å². The van der Waals surface area contributed by atoms with Gasteiger partial charge in [0.15, 0.2) is 0 Å². The van der Waals surface area contributed by atoms with Crippen LogP contribution in [-0.4, -0.2) is 27.1 Å². The molecule has 1 heterocycles. The number of carbonyl (C=O) groups excluding carboxylic acids is 1. The molecule has 0 aliphatic heterocycles. The Balaban J connectivity index is 1.39. The van der Waals surface area contributed by atoms with Crippen LogP contribution in [0.3, 0.4) is 0 Å². The van der Waals surface area contributed by atoms with E-state index >= 15 is 0 Å². The van der Waals surface area contributed by atoms with Crippen molar-refractivity contribution < 1.29 is 15.0 Å². The number of hydrogen-bond donors (Lipinski definition) is 2. The maximum absolute atomic E-state index is 12.7. The number of thiazole rings is 1. The molecule has 0 radical (unpaired) electrons. The fourth-order valence-corrected chi connectivity index (χ4v) is 9.51. The first kappa shape index (κ1) is 19.9. The Hall–Kier alpha value is -1.72. The molecule has 4 aliphatic carbocycles. The second-order valence-electron chi connectivity index (χ2n) is 10.9. The highest BCUT2D eigenvalue weighted by molar-refractivity contribution is 7.15. The number of rotatable bonds is 1. The standard InChI is InChI=1S/C26H31NO3S/c1-25-11-9-17-15(16(25)7-8-21(25)30)13-20(29)22-23-18(10-12-26(17,22)2)27-24(31-23)14-5-3-4-6-19(14)28/h3-6,15-17,20,22,28-29H,7-13H2,1-2H3/t15-,16-,17-,20-,22-,25-,26+/m0/s1. The van der Waals surface area contributed by atoms with Gasteiger partial charge in [-0.3, -0.25) is 4.79 Å². The van der Waals surface area contributed by atoms with Crippen molar-refractivity contribution in [2.24, 2.45) is 28.6 Å². The second-order valence-corrected chi connectivity index (χ2v) is 12.0. The number of Topliss-reactive ketones (excluding diaryl/α,β-unsaturated/α-hetero) is 1. The largest absolute Gasteiger partial charge is 0.507 e. The molecule has 2 N–H and O–H groups in total. The van der Waals surface area contributed by atoms with Crippen LogP contribution < -0.4 is 0 Å². The zero-order chi connectivity index (χ0) is 21.5. The number of carbonyl (C=O) groups is 1. The topological polar surface area (TPSA) is 70.4 Å². The first-order valence-corrected chi connectivity index (χ1v) is 12.6. The predicted octanol–water partition coefficient (Wildman–Crippen LogP) is 5.33. The number of aromatic nitrogens is 1. The van der Waals surface area contributed by atoms with Crippen LogP contribution >= 0.6 is 11.3 Å². The van der Waals surface area contributed by atoms with E-state index in [9.17, 15) is 15.0 Å². The van der Waals surface area contributed by atoms with Gasteiger partial charge in [-0.1, -0.05) is 26.0 Å². The molecular formula is C26H31NO3S. The Morgan fingerprint density at radius 1 is 1.10 bits per heavy atom. The van der Waals surface area contributed by atoms with Crippen LogP contribution in [0.1, 0.15) is 68.9 Å². The summed E-state index contributed by atoms with van der Waals surface area (Å²) in [5.41, 5.74) is 1.78. The molecule has 0 saturated heterocycles. The number of ketones is 1. The van der Waals surface area contributed by atoms with Crippen molar-refractivity contribution in [1.29, 1.82) is 0 Å². The molecule has 4 nitrogen and oxygen atoms in total. The van der Waals surface area contributed by atoms with Gasteiger partial charge in [-0.15, -0.1) is 11.3 Å². The molecule has 0 bridgehead atoms. The van der Waals surface area contributed by atoms with Crippen LogP contribution in [0.2, 0.25) is 0 Å². The van der Waals surface area contributed by atoms with Crippen molar-refractivity contribution in [3.8, 4) is 16.3 Å². The average molecular weight is 438 g/mol. The Morgan fingerprint density at radius 3 is 2.71 bits per heavy atom. The third kappa shape index (κ3) is 2.62. The number of hydrogen-bond acceptors (Lipinski definition) is 5. The van der Waals surface area contributed by atoms with Crippen LogP contribution in [0.15, 0.2) is 24.3 Å². The van der Waals surface area contributed by atoms with Crippen molar-refractivity contribution in [3.63, 3.8) is 0 Å². The lowest BCUT2D eigenvalue weighted by Crippen LogP contribution is -2.56. The first-order valence-electron chi connectivity index (χ1n) is 11.8. The minimum absolute atomic E-state index is 0.0465. The van der Waals surface area contributed by atoms with Gasteiger partial charge < -0.3 is 10.2 Å². The van der Waals surface area contributed by atoms with Crippen LogP contribution in [0.4, 0.5) is 0 Å². The molecule has 31 heavy (non-hydrogen) atoms. The lowest BCUT2D eigenvalue weighted by Gasteiger charge is -2.60. The van der Waals surface area contributed by atoms with Gasteiger partial charge in [0, 0.05) is 22.6 Å². The SMILES string of the molecule is C[C@]12CCc3nc(-c4ccccc4O)sc3[C@@H]1[C@@H](O)C[C@@H]1[C@@H]2CC[C@]2(C)C(=O)CC[C@@H]12. The summed E-state index contributed by atoms with van der Waals surface area (Å²) < 4.78 is 0. The Bertz CT molecular complexity index is 1060. The maximum atomic E-state index is 12.7. The normalized spacial score (nSPS) is 41.3. The quantitative estimate of drug-likeness (QED) is 0.633. The van der Waals surface area contributed by atoms with Crippen molar-refractivity contribution in [1.82, 2.24) is 4.98 Å². The highest BCUT2D eigenvalue weighted by Crippen LogP contribution is 2.67. The summed E-state index contributed by atoms with van der Waals surface area (Å²) in [6, 6.07) is 7.40.